The molecule has 0 spiro atoms. The summed E-state index contributed by atoms with van der Waals surface area (Å²) in [5.41, 5.74) is 6.41. The van der Waals surface area contributed by atoms with E-state index in [2.05, 4.69) is 0 Å². The first-order chi connectivity index (χ1) is 6.07. The maximum atomic E-state index is 10.6. The molecule has 0 heterocycles. The second-order valence-corrected chi connectivity index (χ2v) is 2.68. The molecule has 0 aromatic heterocycles. The molecule has 68 valence electrons. The Hall–Kier alpha value is -1.84. The third kappa shape index (κ3) is 1.51. The summed E-state index contributed by atoms with van der Waals surface area (Å²) in [6.07, 6.45) is 0.567. The molecule has 0 aliphatic rings. The van der Waals surface area contributed by atoms with Gasteiger partial charge in [0, 0.05) is 5.56 Å². The van der Waals surface area contributed by atoms with E-state index in [1.807, 2.05) is 0 Å². The van der Waals surface area contributed by atoms with Gasteiger partial charge in [0.1, 0.15) is 0 Å². The van der Waals surface area contributed by atoms with E-state index in [-0.39, 0.29) is 16.8 Å². The number of carboxylic acids is 1. The third-order valence-corrected chi connectivity index (χ3v) is 1.85. The van der Waals surface area contributed by atoms with Crippen LogP contribution in [-0.2, 0) is 0 Å². The fourth-order valence-corrected chi connectivity index (χ4v) is 1.09. The zero-order valence-corrected chi connectivity index (χ0v) is 7.07. The van der Waals surface area contributed by atoms with Gasteiger partial charge in [-0.3, -0.25) is 4.79 Å². The fourth-order valence-electron chi connectivity index (χ4n) is 1.09. The van der Waals surface area contributed by atoms with Gasteiger partial charge < -0.3 is 10.8 Å². The van der Waals surface area contributed by atoms with Crippen LogP contribution in [0.5, 0.6) is 0 Å². The number of nitrogens with two attached hydrogens (primary N) is 1. The van der Waals surface area contributed by atoms with E-state index in [1.54, 1.807) is 13.0 Å². The maximum absolute atomic E-state index is 10.6. The molecule has 4 nitrogen and oxygen atoms in total. The number of rotatable bonds is 2. The normalized spacial score (nSPS) is 9.62. The predicted octanol–water partition coefficient (Wildman–Crippen LogP) is 1.09. The number of carboxylic acid groups (broad SMARTS) is 1. The van der Waals surface area contributed by atoms with Crippen molar-refractivity contribution in [2.24, 2.45) is 0 Å². The lowest BCUT2D eigenvalue weighted by Crippen LogP contribution is -2.06. The van der Waals surface area contributed by atoms with Crippen LogP contribution in [-0.4, -0.2) is 17.4 Å². The van der Waals surface area contributed by atoms with E-state index < -0.39 is 5.97 Å². The average Bonchev–Trinajstić information content (AvgIpc) is 2.04. The molecule has 0 bridgehead atoms. The monoisotopic (exact) mass is 179 g/mol. The first-order valence-electron chi connectivity index (χ1n) is 3.65. The van der Waals surface area contributed by atoms with E-state index in [1.165, 1.54) is 6.07 Å². The molecule has 0 atom stereocenters. The Kier molecular flexibility index (Phi) is 2.32. The zero-order chi connectivity index (χ0) is 10.0. The van der Waals surface area contributed by atoms with Crippen molar-refractivity contribution in [3.05, 3.63) is 28.8 Å². The van der Waals surface area contributed by atoms with Crippen molar-refractivity contribution < 1.29 is 14.7 Å². The number of benzene rings is 1. The molecule has 0 saturated carbocycles. The number of nitrogen functional groups attached to an aromatic ring is 1. The Morgan fingerprint density at radius 2 is 2.15 bits per heavy atom. The van der Waals surface area contributed by atoms with E-state index >= 15 is 0 Å². The number of carbonyl (C=O) groups is 2. The van der Waals surface area contributed by atoms with Crippen LogP contribution in [0.15, 0.2) is 12.1 Å². The summed E-state index contributed by atoms with van der Waals surface area (Å²) in [5, 5.41) is 8.68. The van der Waals surface area contributed by atoms with Crippen LogP contribution in [0, 0.1) is 6.92 Å². The van der Waals surface area contributed by atoms with Gasteiger partial charge in [0.05, 0.1) is 11.3 Å². The lowest BCUT2D eigenvalue weighted by Gasteiger charge is -2.05. The summed E-state index contributed by atoms with van der Waals surface area (Å²) < 4.78 is 0. The van der Waals surface area contributed by atoms with Gasteiger partial charge in [-0.15, -0.1) is 0 Å². The highest BCUT2D eigenvalue weighted by molar-refractivity contribution is 5.99. The van der Waals surface area contributed by atoms with Crippen molar-refractivity contribution >= 4 is 17.9 Å². The van der Waals surface area contributed by atoms with Crippen molar-refractivity contribution in [3.63, 3.8) is 0 Å². The molecular formula is C9H9NO3. The van der Waals surface area contributed by atoms with Crippen molar-refractivity contribution in [1.82, 2.24) is 0 Å². The Balaban J connectivity index is 3.44. The van der Waals surface area contributed by atoms with Crippen LogP contribution in [0.4, 0.5) is 5.69 Å². The highest BCUT2D eigenvalue weighted by Gasteiger charge is 2.12. The Morgan fingerprint density at radius 1 is 1.54 bits per heavy atom. The minimum absolute atomic E-state index is 0.0301. The first kappa shape index (κ1) is 9.25. The maximum Gasteiger partial charge on any atom is 0.337 e. The molecule has 3 N–H and O–H groups in total. The number of anilines is 1. The van der Waals surface area contributed by atoms with Crippen molar-refractivity contribution in [2.75, 3.05) is 5.73 Å². The van der Waals surface area contributed by atoms with Crippen LogP contribution in [0.25, 0.3) is 0 Å². The van der Waals surface area contributed by atoms with Crippen molar-refractivity contribution in [2.45, 2.75) is 6.92 Å². The minimum Gasteiger partial charge on any atom is -0.478 e. The number of hydrogen-bond donors (Lipinski definition) is 2. The van der Waals surface area contributed by atoms with Gasteiger partial charge in [-0.1, -0.05) is 6.07 Å². The number of hydrogen-bond acceptors (Lipinski definition) is 3. The van der Waals surface area contributed by atoms with Crippen LogP contribution in [0.2, 0.25) is 0 Å². The molecule has 0 aliphatic heterocycles. The topological polar surface area (TPSA) is 80.4 Å². The fraction of sp³-hybridized carbons (Fsp3) is 0.111. The molecule has 13 heavy (non-hydrogen) atoms. The SMILES string of the molecule is Cc1ccc(C(=O)O)c(N)c1C=O. The number of aryl methyl sites for hydroxylation is 1. The second-order valence-electron chi connectivity index (χ2n) is 2.68. The van der Waals surface area contributed by atoms with Gasteiger partial charge in [0.15, 0.2) is 6.29 Å². The number of carbonyl (C=O) groups excluding carboxylic acids is 1. The summed E-state index contributed by atoms with van der Waals surface area (Å²) in [4.78, 5) is 21.2. The highest BCUT2D eigenvalue weighted by atomic mass is 16.4. The molecule has 0 unspecified atom stereocenters. The largest absolute Gasteiger partial charge is 0.478 e. The summed E-state index contributed by atoms with van der Waals surface area (Å²) in [7, 11) is 0. The molecule has 1 rings (SSSR count). The molecular weight excluding hydrogens is 170 g/mol. The molecule has 0 fully saturated rings. The lowest BCUT2D eigenvalue weighted by molar-refractivity contribution is 0.0698. The van der Waals surface area contributed by atoms with Crippen LogP contribution < -0.4 is 5.73 Å². The Morgan fingerprint density at radius 3 is 2.62 bits per heavy atom. The van der Waals surface area contributed by atoms with E-state index in [0.717, 1.165) is 0 Å². The van der Waals surface area contributed by atoms with Gasteiger partial charge >= 0.3 is 5.97 Å². The third-order valence-electron chi connectivity index (χ3n) is 1.85. The van der Waals surface area contributed by atoms with Crippen molar-refractivity contribution in [1.29, 1.82) is 0 Å². The Labute approximate surface area is 75.0 Å². The van der Waals surface area contributed by atoms with E-state index in [4.69, 9.17) is 10.8 Å². The van der Waals surface area contributed by atoms with Gasteiger partial charge in [-0.25, -0.2) is 4.79 Å². The summed E-state index contributed by atoms with van der Waals surface area (Å²) in [5.74, 6) is -1.12. The summed E-state index contributed by atoms with van der Waals surface area (Å²) >= 11 is 0. The predicted molar refractivity (Wildman–Crippen MR) is 47.9 cm³/mol. The lowest BCUT2D eigenvalue weighted by atomic mass is 10.0. The molecule has 0 amide bonds. The van der Waals surface area contributed by atoms with Crippen LogP contribution in [0.1, 0.15) is 26.3 Å². The molecule has 1 aromatic carbocycles. The molecule has 1 aromatic rings. The summed E-state index contributed by atoms with van der Waals surface area (Å²) in [6, 6.07) is 2.95. The molecule has 4 heteroatoms. The molecule has 0 saturated heterocycles. The van der Waals surface area contributed by atoms with Gasteiger partial charge in [0.25, 0.3) is 0 Å². The second kappa shape index (κ2) is 3.26. The van der Waals surface area contributed by atoms with Crippen LogP contribution >= 0.6 is 0 Å². The highest BCUT2D eigenvalue weighted by Crippen LogP contribution is 2.19. The first-order valence-corrected chi connectivity index (χ1v) is 3.65. The Bertz CT molecular complexity index is 371. The number of aromatic carboxylic acids is 1. The van der Waals surface area contributed by atoms with Crippen molar-refractivity contribution in [3.8, 4) is 0 Å². The summed E-state index contributed by atoms with van der Waals surface area (Å²) in [6.45, 7) is 1.70. The van der Waals surface area contributed by atoms with Gasteiger partial charge in [-0.05, 0) is 18.6 Å². The van der Waals surface area contributed by atoms with Gasteiger partial charge in [-0.2, -0.15) is 0 Å². The minimum atomic E-state index is -1.12. The quantitative estimate of drug-likeness (QED) is 0.526. The number of aldehydes is 1. The zero-order valence-electron chi connectivity index (χ0n) is 7.07. The van der Waals surface area contributed by atoms with E-state index in [9.17, 15) is 9.59 Å². The smallest absolute Gasteiger partial charge is 0.337 e. The van der Waals surface area contributed by atoms with Crippen LogP contribution in [0.3, 0.4) is 0 Å². The van der Waals surface area contributed by atoms with E-state index in [0.29, 0.717) is 11.8 Å². The molecule has 0 aliphatic carbocycles. The standard InChI is InChI=1S/C9H9NO3/c1-5-2-3-6(9(12)13)8(10)7(5)4-11/h2-4H,10H2,1H3,(H,12,13). The van der Waals surface area contributed by atoms with Gasteiger partial charge in [0.2, 0.25) is 0 Å². The molecule has 0 radical (unpaired) electrons. The average molecular weight is 179 g/mol.